The van der Waals surface area contributed by atoms with Crippen molar-refractivity contribution in [3.8, 4) is 0 Å². The van der Waals surface area contributed by atoms with Gasteiger partial charge in [0.1, 0.15) is 47.8 Å². The summed E-state index contributed by atoms with van der Waals surface area (Å²) in [6.45, 7) is 11.1. The van der Waals surface area contributed by atoms with E-state index in [1.807, 2.05) is 13.8 Å². The second-order valence-corrected chi connectivity index (χ2v) is 14.6. The number of aliphatic hydroxyl groups excluding tert-OH is 5. The summed E-state index contributed by atoms with van der Waals surface area (Å²) in [6, 6.07) is -1.15. The lowest BCUT2D eigenvalue weighted by atomic mass is 9.77. The topological polar surface area (TPSA) is 200 Å². The molecule has 14 unspecified atom stereocenters. The Morgan fingerprint density at radius 1 is 0.909 bits per heavy atom. The Bertz CT molecular complexity index is 961. The summed E-state index contributed by atoms with van der Waals surface area (Å²) in [7, 11) is 1.41. The molecule has 2 heterocycles. The minimum atomic E-state index is -1.63. The highest BCUT2D eigenvalue weighted by Gasteiger charge is 2.54. The number of amides is 1. The van der Waals surface area contributed by atoms with E-state index in [0.29, 0.717) is 12.3 Å². The van der Waals surface area contributed by atoms with Gasteiger partial charge in [-0.3, -0.25) is 0 Å². The van der Waals surface area contributed by atoms with Crippen LogP contribution in [0, 0.1) is 17.8 Å². The van der Waals surface area contributed by atoms with Crippen molar-refractivity contribution in [3.63, 3.8) is 0 Å². The van der Waals surface area contributed by atoms with Crippen LogP contribution in [0.2, 0.25) is 0 Å². The van der Waals surface area contributed by atoms with E-state index in [4.69, 9.17) is 23.7 Å². The first-order valence-electron chi connectivity index (χ1n) is 15.8. The highest BCUT2D eigenvalue weighted by Crippen LogP contribution is 2.38. The van der Waals surface area contributed by atoms with Crippen LogP contribution in [0.5, 0.6) is 0 Å². The molecule has 256 valence electrons. The number of ether oxygens (including phenoxy) is 5. The van der Waals surface area contributed by atoms with Gasteiger partial charge < -0.3 is 64.5 Å². The average Bonchev–Trinajstić information content (AvgIpc) is 3.74. The number of nitrogens with one attached hydrogen (secondary N) is 1. The molecule has 4 aliphatic rings. The quantitative estimate of drug-likeness (QED) is 0.168. The number of hydrogen-bond acceptors (Lipinski definition) is 13. The molecule has 0 radical (unpaired) electrons. The Morgan fingerprint density at radius 3 is 2.07 bits per heavy atom. The zero-order valence-corrected chi connectivity index (χ0v) is 26.9. The fourth-order valence-corrected chi connectivity index (χ4v) is 6.57. The molecule has 7 N–H and O–H groups in total. The Kier molecular flexibility index (Phi) is 11.3. The van der Waals surface area contributed by atoms with Crippen molar-refractivity contribution in [3.05, 3.63) is 0 Å². The van der Waals surface area contributed by atoms with Crippen molar-refractivity contribution < 1.29 is 59.1 Å². The Hall–Kier alpha value is -1.17. The molecule has 14 nitrogen and oxygen atoms in total. The summed E-state index contributed by atoms with van der Waals surface area (Å²) in [6.07, 6.45) is -10.3. The van der Waals surface area contributed by atoms with Crippen molar-refractivity contribution >= 4 is 6.09 Å². The van der Waals surface area contributed by atoms with E-state index in [-0.39, 0.29) is 25.0 Å². The lowest BCUT2D eigenvalue weighted by Crippen LogP contribution is -2.68. The highest BCUT2D eigenvalue weighted by molar-refractivity contribution is 5.68. The summed E-state index contributed by atoms with van der Waals surface area (Å²) in [5.74, 6) is 0.167. The molecule has 0 aromatic rings. The summed E-state index contributed by atoms with van der Waals surface area (Å²) in [5, 5.41) is 68.8. The van der Waals surface area contributed by atoms with Crippen molar-refractivity contribution in [1.82, 2.24) is 10.2 Å². The second-order valence-electron chi connectivity index (χ2n) is 14.6. The van der Waals surface area contributed by atoms with Crippen molar-refractivity contribution in [2.24, 2.45) is 17.8 Å². The number of hydrogen-bond donors (Lipinski definition) is 7. The summed E-state index contributed by atoms with van der Waals surface area (Å²) in [5.41, 5.74) is -2.43. The lowest BCUT2D eigenvalue weighted by molar-refractivity contribution is -0.338. The molecule has 14 heteroatoms. The van der Waals surface area contributed by atoms with E-state index in [9.17, 15) is 35.4 Å². The molecule has 2 saturated carbocycles. The molecular weight excluding hydrogens is 580 g/mol. The van der Waals surface area contributed by atoms with E-state index >= 15 is 0 Å². The highest BCUT2D eigenvalue weighted by atomic mass is 16.7. The number of aliphatic hydroxyl groups is 6. The van der Waals surface area contributed by atoms with Crippen LogP contribution in [0.25, 0.3) is 0 Å². The van der Waals surface area contributed by atoms with E-state index in [0.717, 1.165) is 24.3 Å². The van der Waals surface area contributed by atoms with Crippen LogP contribution in [0.4, 0.5) is 4.79 Å². The molecule has 0 aromatic heterocycles. The van der Waals surface area contributed by atoms with Gasteiger partial charge in [0.2, 0.25) is 0 Å². The molecule has 2 aliphatic heterocycles. The van der Waals surface area contributed by atoms with Crippen molar-refractivity contribution in [1.29, 1.82) is 0 Å². The monoisotopic (exact) mass is 634 g/mol. The van der Waals surface area contributed by atoms with Crippen LogP contribution in [0.15, 0.2) is 0 Å². The predicted molar refractivity (Wildman–Crippen MR) is 155 cm³/mol. The summed E-state index contributed by atoms with van der Waals surface area (Å²) in [4.78, 5) is 13.9. The van der Waals surface area contributed by atoms with Gasteiger partial charge in [0.15, 0.2) is 12.6 Å². The minimum absolute atomic E-state index is 0.213. The zero-order chi connectivity index (χ0) is 32.7. The van der Waals surface area contributed by atoms with Gasteiger partial charge >= 0.3 is 6.09 Å². The number of likely N-dealkylation sites (N-methyl/N-ethyl adjacent to an activating group) is 1. The number of carbonyl (C=O) groups is 1. The largest absolute Gasteiger partial charge is 0.444 e. The smallest absolute Gasteiger partial charge is 0.410 e. The molecule has 4 rings (SSSR count). The maximum absolute atomic E-state index is 12.8. The molecule has 14 atom stereocenters. The van der Waals surface area contributed by atoms with Gasteiger partial charge in [-0.2, -0.15) is 0 Å². The molecule has 1 amide bonds. The first kappa shape index (κ1) is 35.7. The molecule has 44 heavy (non-hydrogen) atoms. The zero-order valence-electron chi connectivity index (χ0n) is 26.9. The van der Waals surface area contributed by atoms with Crippen LogP contribution in [0.1, 0.15) is 60.8 Å². The van der Waals surface area contributed by atoms with Gasteiger partial charge in [-0.05, 0) is 71.3 Å². The SMILES string of the molecule is CC1CC(C)C(OC2OCC(C)(O)C(N(C)C(=O)OC(C)(C)C)C2O)C(O)C1OC1OC(CNCC2CC2)C(O)C(O)C1O. The maximum atomic E-state index is 12.8. The van der Waals surface area contributed by atoms with Crippen molar-refractivity contribution in [2.75, 3.05) is 26.7 Å². The fourth-order valence-electron chi connectivity index (χ4n) is 6.57. The fraction of sp³-hybridized carbons (Fsp3) is 0.967. The van der Waals surface area contributed by atoms with Crippen LogP contribution >= 0.6 is 0 Å². The van der Waals surface area contributed by atoms with E-state index < -0.39 is 84.7 Å². The third-order valence-electron chi connectivity index (χ3n) is 9.14. The third kappa shape index (κ3) is 8.21. The maximum Gasteiger partial charge on any atom is 0.410 e. The second kappa shape index (κ2) is 13.9. The Balaban J connectivity index is 1.44. The van der Waals surface area contributed by atoms with Crippen LogP contribution in [-0.4, -0.2) is 147 Å². The van der Waals surface area contributed by atoms with E-state index in [1.54, 1.807) is 20.8 Å². The molecule has 0 aromatic carbocycles. The Labute approximate surface area is 259 Å². The number of nitrogens with zero attached hydrogens (tertiary/aromatic N) is 1. The minimum Gasteiger partial charge on any atom is -0.444 e. The van der Waals surface area contributed by atoms with Gasteiger partial charge in [-0.25, -0.2) is 4.79 Å². The molecule has 2 saturated heterocycles. The molecule has 4 fully saturated rings. The molecule has 2 aliphatic carbocycles. The van der Waals surface area contributed by atoms with Gasteiger partial charge in [0, 0.05) is 13.6 Å². The Morgan fingerprint density at radius 2 is 1.50 bits per heavy atom. The summed E-state index contributed by atoms with van der Waals surface area (Å²) >= 11 is 0. The number of carbonyl (C=O) groups excluding carboxylic acids is 1. The van der Waals surface area contributed by atoms with Gasteiger partial charge in [-0.1, -0.05) is 13.8 Å². The average molecular weight is 635 g/mol. The van der Waals surface area contributed by atoms with E-state index in [1.165, 1.54) is 14.0 Å². The molecular formula is C30H54N2O12. The first-order chi connectivity index (χ1) is 20.4. The van der Waals surface area contributed by atoms with Gasteiger partial charge in [0.25, 0.3) is 0 Å². The molecule has 0 bridgehead atoms. The van der Waals surface area contributed by atoms with Gasteiger partial charge in [0.05, 0.1) is 24.9 Å². The van der Waals surface area contributed by atoms with Crippen molar-refractivity contribution in [2.45, 2.75) is 139 Å². The van der Waals surface area contributed by atoms with Gasteiger partial charge in [-0.15, -0.1) is 0 Å². The normalized spacial score (nSPS) is 45.2. The van der Waals surface area contributed by atoms with Crippen LogP contribution in [-0.2, 0) is 23.7 Å². The molecule has 0 spiro atoms. The number of rotatable bonds is 9. The lowest BCUT2D eigenvalue weighted by Gasteiger charge is -2.50. The first-order valence-corrected chi connectivity index (χ1v) is 15.8. The third-order valence-corrected chi connectivity index (χ3v) is 9.14. The van der Waals surface area contributed by atoms with Crippen LogP contribution < -0.4 is 5.32 Å². The van der Waals surface area contributed by atoms with E-state index in [2.05, 4.69) is 5.32 Å². The summed E-state index contributed by atoms with van der Waals surface area (Å²) < 4.78 is 29.3. The standard InChI is InChI=1S/C30H54N2O12/c1-14-10-15(2)24(43-27-20(35)19(34)18(33)17(41-27)12-31-11-16-8-9-16)21(36)23(14)42-26-22(37)25(30(6,39)13-40-26)32(7)28(38)44-29(3,4)5/h14-27,31,33-37,39H,8-13H2,1-7H3. The predicted octanol–water partition coefficient (Wildman–Crippen LogP) is -0.695. The van der Waals surface area contributed by atoms with Crippen LogP contribution in [0.3, 0.4) is 0 Å².